The summed E-state index contributed by atoms with van der Waals surface area (Å²) in [6.07, 6.45) is 3.27. The van der Waals surface area contributed by atoms with Crippen molar-refractivity contribution >= 4 is 49.8 Å². The Labute approximate surface area is 118 Å². The van der Waals surface area contributed by atoms with E-state index in [1.54, 1.807) is 12.2 Å². The van der Waals surface area contributed by atoms with Crippen molar-refractivity contribution in [2.45, 2.75) is 0 Å². The third-order valence-electron chi connectivity index (χ3n) is 1.33. The average Bonchev–Trinajstić information content (AvgIpc) is 2.08. The zero-order valence-electron chi connectivity index (χ0n) is 9.03. The van der Waals surface area contributed by atoms with Gasteiger partial charge in [0.2, 0.25) is 0 Å². The topological polar surface area (TPSA) is 176 Å². The fraction of sp³-hybridized carbons (Fsp3) is 0. The lowest BCUT2D eigenvalue weighted by molar-refractivity contribution is 0.225. The molecule has 0 heterocycles. The van der Waals surface area contributed by atoms with Crippen molar-refractivity contribution in [3.05, 3.63) is 23.5 Å². The van der Waals surface area contributed by atoms with E-state index in [2.05, 4.69) is 4.31 Å². The SMILES string of the molecule is NC1=CC(=S)C=C(N)C1=S.O=P(O)(O)OP(=O)(O)O. The molecule has 13 heteroatoms. The van der Waals surface area contributed by atoms with E-state index < -0.39 is 15.6 Å². The quantitative estimate of drug-likeness (QED) is 0.283. The van der Waals surface area contributed by atoms with Gasteiger partial charge in [-0.15, -0.1) is 0 Å². The lowest BCUT2D eigenvalue weighted by Crippen LogP contribution is -2.22. The first-order chi connectivity index (χ1) is 8.32. The normalized spacial score (nSPS) is 16.2. The van der Waals surface area contributed by atoms with Gasteiger partial charge in [0.1, 0.15) is 0 Å². The Bertz CT molecular complexity index is 502. The van der Waals surface area contributed by atoms with E-state index in [0.717, 1.165) is 0 Å². The second-order valence-corrected chi connectivity index (χ2v) is 6.49. The predicted octanol–water partition coefficient (Wildman–Crippen LogP) is -0.387. The molecule has 0 saturated carbocycles. The van der Waals surface area contributed by atoms with Gasteiger partial charge in [0.25, 0.3) is 0 Å². The third-order valence-corrected chi connectivity index (χ3v) is 3.74. The summed E-state index contributed by atoms with van der Waals surface area (Å²) >= 11 is 9.70. The lowest BCUT2D eigenvalue weighted by atomic mass is 10.1. The summed E-state index contributed by atoms with van der Waals surface area (Å²) in [4.78, 5) is 32.1. The Morgan fingerprint density at radius 1 is 0.947 bits per heavy atom. The molecule has 0 aromatic heterocycles. The van der Waals surface area contributed by atoms with Crippen LogP contribution in [0.1, 0.15) is 0 Å². The summed E-state index contributed by atoms with van der Waals surface area (Å²) in [6, 6.07) is 0. The molecule has 0 radical (unpaired) electrons. The molecule has 0 unspecified atom stereocenters. The van der Waals surface area contributed by atoms with Gasteiger partial charge in [-0.25, -0.2) is 9.13 Å². The van der Waals surface area contributed by atoms with Gasteiger partial charge in [0.15, 0.2) is 0 Å². The first-order valence-electron chi connectivity index (χ1n) is 4.17. The number of nitrogens with two attached hydrogens (primary N) is 2. The molecule has 1 aliphatic carbocycles. The highest BCUT2D eigenvalue weighted by molar-refractivity contribution is 7.82. The van der Waals surface area contributed by atoms with Crippen LogP contribution >= 0.6 is 40.1 Å². The van der Waals surface area contributed by atoms with Gasteiger partial charge >= 0.3 is 15.6 Å². The second-order valence-electron chi connectivity index (χ2n) is 2.99. The highest BCUT2D eigenvalue weighted by Gasteiger charge is 2.27. The molecule has 0 fully saturated rings. The van der Waals surface area contributed by atoms with E-state index >= 15 is 0 Å². The molecule has 19 heavy (non-hydrogen) atoms. The first-order valence-corrected chi connectivity index (χ1v) is 8.05. The van der Waals surface area contributed by atoms with Crippen molar-refractivity contribution in [1.82, 2.24) is 0 Å². The van der Waals surface area contributed by atoms with Crippen LogP contribution < -0.4 is 11.5 Å². The average molecular weight is 348 g/mol. The minimum Gasteiger partial charge on any atom is -0.397 e. The highest BCUT2D eigenvalue weighted by Crippen LogP contribution is 2.53. The number of allylic oxidation sites excluding steroid dienone is 2. The molecule has 1 aliphatic rings. The summed E-state index contributed by atoms with van der Waals surface area (Å²) < 4.78 is 22.2. The number of phosphoric acid groups is 2. The van der Waals surface area contributed by atoms with Crippen molar-refractivity contribution in [1.29, 1.82) is 0 Å². The molecule has 108 valence electrons. The minimum absolute atomic E-state index is 0.486. The van der Waals surface area contributed by atoms with Crippen molar-refractivity contribution in [3.8, 4) is 0 Å². The number of rotatable bonds is 2. The summed E-state index contributed by atoms with van der Waals surface area (Å²) in [5.74, 6) is 0. The molecule has 0 aliphatic heterocycles. The van der Waals surface area contributed by atoms with E-state index in [9.17, 15) is 9.13 Å². The van der Waals surface area contributed by atoms with Crippen LogP contribution in [0.15, 0.2) is 23.5 Å². The molecular formula is C6H10N2O7P2S2. The van der Waals surface area contributed by atoms with Gasteiger partial charge < -0.3 is 31.0 Å². The molecule has 0 aromatic rings. The Hall–Kier alpha value is -0.480. The Morgan fingerprint density at radius 3 is 1.47 bits per heavy atom. The Balaban J connectivity index is 0.000000344. The van der Waals surface area contributed by atoms with E-state index in [0.29, 0.717) is 21.1 Å². The maximum atomic E-state index is 9.63. The molecule has 0 aromatic carbocycles. The van der Waals surface area contributed by atoms with Crippen LogP contribution in [0.5, 0.6) is 0 Å². The summed E-state index contributed by atoms with van der Waals surface area (Å²) in [7, 11) is -10.1. The van der Waals surface area contributed by atoms with E-state index in [4.69, 9.17) is 55.5 Å². The number of hydrogen-bond acceptors (Lipinski definition) is 7. The van der Waals surface area contributed by atoms with E-state index in [-0.39, 0.29) is 0 Å². The van der Waals surface area contributed by atoms with Crippen molar-refractivity contribution in [3.63, 3.8) is 0 Å². The molecule has 0 bridgehead atoms. The number of hydrogen-bond donors (Lipinski definition) is 6. The van der Waals surface area contributed by atoms with Crippen LogP contribution in [-0.2, 0) is 13.4 Å². The molecule has 0 spiro atoms. The maximum Gasteiger partial charge on any atom is 0.478 e. The fourth-order valence-corrected chi connectivity index (χ4v) is 2.26. The van der Waals surface area contributed by atoms with Crippen LogP contribution in [-0.4, -0.2) is 29.3 Å². The fourth-order valence-electron chi connectivity index (χ4n) is 0.785. The van der Waals surface area contributed by atoms with Gasteiger partial charge in [0, 0.05) is 4.86 Å². The Morgan fingerprint density at radius 2 is 1.26 bits per heavy atom. The van der Waals surface area contributed by atoms with Gasteiger partial charge in [-0.05, 0) is 12.2 Å². The molecule has 8 N–H and O–H groups in total. The minimum atomic E-state index is -5.05. The van der Waals surface area contributed by atoms with Crippen molar-refractivity contribution < 1.29 is 33.0 Å². The van der Waals surface area contributed by atoms with Gasteiger partial charge in [-0.3, -0.25) is 0 Å². The zero-order chi connectivity index (χ0) is 15.4. The number of thiocarbonyl (C=S) groups is 2. The molecule has 0 saturated heterocycles. The van der Waals surface area contributed by atoms with Crippen LogP contribution in [0.25, 0.3) is 0 Å². The second kappa shape index (κ2) is 6.80. The highest BCUT2D eigenvalue weighted by atomic mass is 32.1. The predicted molar refractivity (Wildman–Crippen MR) is 74.9 cm³/mol. The van der Waals surface area contributed by atoms with Crippen molar-refractivity contribution in [2.24, 2.45) is 11.5 Å². The Kier molecular flexibility index (Phi) is 6.63. The first kappa shape index (κ1) is 18.5. The third kappa shape index (κ3) is 9.11. The van der Waals surface area contributed by atoms with E-state index in [1.807, 2.05) is 0 Å². The summed E-state index contributed by atoms with van der Waals surface area (Å²) in [6.45, 7) is 0. The zero-order valence-corrected chi connectivity index (χ0v) is 12.5. The summed E-state index contributed by atoms with van der Waals surface area (Å²) in [5.41, 5.74) is 11.9. The van der Waals surface area contributed by atoms with Crippen LogP contribution in [0.4, 0.5) is 0 Å². The molecule has 9 nitrogen and oxygen atoms in total. The van der Waals surface area contributed by atoms with Crippen LogP contribution in [0, 0.1) is 0 Å². The van der Waals surface area contributed by atoms with Gasteiger partial charge in [-0.2, -0.15) is 4.31 Å². The van der Waals surface area contributed by atoms with Gasteiger partial charge in [-0.1, -0.05) is 24.4 Å². The molecule has 0 amide bonds. The summed E-state index contributed by atoms with van der Waals surface area (Å²) in [5, 5.41) is 0. The standard InChI is InChI=1S/C6H6N2S2.H4O7P2/c7-4-1-3(9)2-5(8)6(4)10;1-8(2,3)7-9(4,5)6/h1-2H,7-8H2;(H2,1,2,3)(H2,4,5,6). The lowest BCUT2D eigenvalue weighted by Gasteiger charge is -2.08. The van der Waals surface area contributed by atoms with E-state index in [1.165, 1.54) is 0 Å². The van der Waals surface area contributed by atoms with Crippen LogP contribution in [0.2, 0.25) is 0 Å². The van der Waals surface area contributed by atoms with Crippen LogP contribution in [0.3, 0.4) is 0 Å². The molecule has 1 rings (SSSR count). The monoisotopic (exact) mass is 348 g/mol. The van der Waals surface area contributed by atoms with Crippen molar-refractivity contribution in [2.75, 3.05) is 0 Å². The van der Waals surface area contributed by atoms with Gasteiger partial charge in [0.05, 0.1) is 16.3 Å². The largest absolute Gasteiger partial charge is 0.478 e. The molecular weight excluding hydrogens is 338 g/mol. The maximum absolute atomic E-state index is 9.63. The smallest absolute Gasteiger partial charge is 0.397 e. The molecule has 0 atom stereocenters.